The molecule has 0 spiro atoms. The van der Waals surface area contributed by atoms with Gasteiger partial charge in [0, 0.05) is 32.0 Å². The van der Waals surface area contributed by atoms with Crippen molar-refractivity contribution >= 4 is 29.5 Å². The summed E-state index contributed by atoms with van der Waals surface area (Å²) in [4.78, 5) is 64.5. The normalized spacial score (nSPS) is 22.8. The van der Waals surface area contributed by atoms with Gasteiger partial charge in [0.05, 0.1) is 0 Å². The van der Waals surface area contributed by atoms with Crippen molar-refractivity contribution in [2.45, 2.75) is 71.0 Å². The fourth-order valence-corrected chi connectivity index (χ4v) is 5.01. The van der Waals surface area contributed by atoms with Gasteiger partial charge in [0.25, 0.3) is 5.91 Å². The Morgan fingerprint density at radius 1 is 1.20 bits per heavy atom. The molecule has 10 heteroatoms. The molecule has 1 saturated heterocycles. The molecular weight excluding hydrogens is 450 g/mol. The minimum Gasteiger partial charge on any atom is -0.352 e. The molecule has 0 radical (unpaired) electrons. The standard InChI is InChI=1S/C25H37N5O5/c1-6-9-16(13-18(31)21(32)27-12-7-2)28-22(33)19-17-11-8-10-15(17)14-30(19)23(34)20(25(3,4)5)29-24(26)35/h1,7,15-17,19-20H,2,8-14H2,3-5H3,(H,27,32)(H,28,33)(H3,26,29,35)/t15-,16?,17-,19-,20+/m0/s1. The number of terminal acetylenes is 1. The molecular formula is C25H37N5O5. The predicted molar refractivity (Wildman–Crippen MR) is 131 cm³/mol. The summed E-state index contributed by atoms with van der Waals surface area (Å²) >= 11 is 0. The van der Waals surface area contributed by atoms with Gasteiger partial charge < -0.3 is 26.6 Å². The van der Waals surface area contributed by atoms with Crippen molar-refractivity contribution in [2.24, 2.45) is 23.0 Å². The Bertz CT molecular complexity index is 903. The average Bonchev–Trinajstić information content (AvgIpc) is 3.35. The van der Waals surface area contributed by atoms with E-state index in [9.17, 15) is 24.0 Å². The molecule has 0 aromatic carbocycles. The summed E-state index contributed by atoms with van der Waals surface area (Å²) in [6.45, 7) is 9.46. The molecule has 1 unspecified atom stereocenters. The fraction of sp³-hybridized carbons (Fsp3) is 0.640. The van der Waals surface area contributed by atoms with Crippen LogP contribution in [0.5, 0.6) is 0 Å². The highest BCUT2D eigenvalue weighted by Crippen LogP contribution is 2.43. The maximum absolute atomic E-state index is 13.6. The lowest BCUT2D eigenvalue weighted by Crippen LogP contribution is -2.59. The highest BCUT2D eigenvalue weighted by atomic mass is 16.2. The van der Waals surface area contributed by atoms with Crippen LogP contribution >= 0.6 is 0 Å². The summed E-state index contributed by atoms with van der Waals surface area (Å²) in [5.41, 5.74) is 4.69. The molecule has 5 N–H and O–H groups in total. The van der Waals surface area contributed by atoms with Crippen LogP contribution in [0.15, 0.2) is 12.7 Å². The minimum absolute atomic E-state index is 0.0359. The SMILES string of the molecule is C#CCC(CC(=O)C(=O)NCC=C)NC(=O)[C@@H]1[C@H]2CCC[C@H]2CN1C(=O)[C@@H](NC(N)=O)C(C)(C)C. The molecule has 35 heavy (non-hydrogen) atoms. The van der Waals surface area contributed by atoms with Gasteiger partial charge in [-0.15, -0.1) is 18.9 Å². The first-order valence-electron chi connectivity index (χ1n) is 11.9. The second-order valence-electron chi connectivity index (χ2n) is 10.3. The van der Waals surface area contributed by atoms with Gasteiger partial charge in [0.2, 0.25) is 17.6 Å². The number of urea groups is 1. The monoisotopic (exact) mass is 487 g/mol. The summed E-state index contributed by atoms with van der Waals surface area (Å²) < 4.78 is 0. The summed E-state index contributed by atoms with van der Waals surface area (Å²) in [5, 5.41) is 7.75. The first-order chi connectivity index (χ1) is 16.4. The Hall–Kier alpha value is -3.35. The lowest BCUT2D eigenvalue weighted by molar-refractivity contribution is -0.143. The van der Waals surface area contributed by atoms with E-state index in [1.54, 1.807) is 0 Å². The van der Waals surface area contributed by atoms with Crippen LogP contribution in [0.4, 0.5) is 4.79 Å². The molecule has 5 atom stereocenters. The third-order valence-electron chi connectivity index (χ3n) is 6.64. The Balaban J connectivity index is 2.23. The molecule has 1 aliphatic carbocycles. The van der Waals surface area contributed by atoms with Crippen LogP contribution in [0, 0.1) is 29.6 Å². The van der Waals surface area contributed by atoms with Gasteiger partial charge in [-0.05, 0) is 30.1 Å². The number of hydrogen-bond acceptors (Lipinski definition) is 5. The van der Waals surface area contributed by atoms with Crippen LogP contribution in [0.25, 0.3) is 0 Å². The number of likely N-dealkylation sites (tertiary alicyclic amines) is 1. The molecule has 0 aromatic rings. The smallest absolute Gasteiger partial charge is 0.312 e. The summed E-state index contributed by atoms with van der Waals surface area (Å²) in [5.74, 6) is 0.291. The molecule has 1 aliphatic heterocycles. The van der Waals surface area contributed by atoms with Crippen LogP contribution in [0.1, 0.15) is 52.9 Å². The van der Waals surface area contributed by atoms with E-state index in [1.165, 1.54) is 11.0 Å². The predicted octanol–water partition coefficient (Wildman–Crippen LogP) is 0.466. The molecule has 10 nitrogen and oxygen atoms in total. The van der Waals surface area contributed by atoms with Crippen molar-refractivity contribution in [3.8, 4) is 12.3 Å². The number of primary amides is 1. The summed E-state index contributed by atoms with van der Waals surface area (Å²) in [6, 6.07) is -3.25. The molecule has 2 fully saturated rings. The van der Waals surface area contributed by atoms with E-state index in [0.717, 1.165) is 19.3 Å². The minimum atomic E-state index is -0.911. The number of nitrogens with two attached hydrogens (primary N) is 1. The maximum atomic E-state index is 13.6. The van der Waals surface area contributed by atoms with Gasteiger partial charge in [0.15, 0.2) is 0 Å². The van der Waals surface area contributed by atoms with Crippen molar-refractivity contribution in [3.63, 3.8) is 0 Å². The topological polar surface area (TPSA) is 151 Å². The molecule has 2 rings (SSSR count). The largest absolute Gasteiger partial charge is 0.352 e. The van der Waals surface area contributed by atoms with E-state index < -0.39 is 47.2 Å². The number of nitrogens with one attached hydrogen (secondary N) is 3. The third-order valence-corrected chi connectivity index (χ3v) is 6.64. The van der Waals surface area contributed by atoms with Crippen molar-refractivity contribution < 1.29 is 24.0 Å². The van der Waals surface area contributed by atoms with Crippen LogP contribution in [-0.2, 0) is 19.2 Å². The highest BCUT2D eigenvalue weighted by molar-refractivity contribution is 6.36. The van der Waals surface area contributed by atoms with Crippen molar-refractivity contribution in [1.29, 1.82) is 0 Å². The average molecular weight is 488 g/mol. The first kappa shape index (κ1) is 27.9. The van der Waals surface area contributed by atoms with E-state index in [4.69, 9.17) is 12.2 Å². The third kappa shape index (κ3) is 7.07. The number of rotatable bonds is 10. The van der Waals surface area contributed by atoms with Crippen molar-refractivity contribution in [1.82, 2.24) is 20.9 Å². The van der Waals surface area contributed by atoms with Gasteiger partial charge in [-0.25, -0.2) is 4.79 Å². The molecule has 1 saturated carbocycles. The fourth-order valence-electron chi connectivity index (χ4n) is 5.01. The van der Waals surface area contributed by atoms with Crippen molar-refractivity contribution in [2.75, 3.05) is 13.1 Å². The van der Waals surface area contributed by atoms with Gasteiger partial charge in [-0.2, -0.15) is 0 Å². The number of amides is 5. The number of carbonyl (C=O) groups excluding carboxylic acids is 5. The van der Waals surface area contributed by atoms with Crippen LogP contribution < -0.4 is 21.7 Å². The Kier molecular flexibility index (Phi) is 9.46. The summed E-state index contributed by atoms with van der Waals surface area (Å²) in [6.07, 6.45) is 9.33. The van der Waals surface area contributed by atoms with Gasteiger partial charge in [0.1, 0.15) is 12.1 Å². The van der Waals surface area contributed by atoms with E-state index in [-0.39, 0.29) is 37.1 Å². The van der Waals surface area contributed by atoms with E-state index in [0.29, 0.717) is 6.54 Å². The van der Waals surface area contributed by atoms with E-state index in [1.807, 2.05) is 20.8 Å². The Morgan fingerprint density at radius 3 is 2.46 bits per heavy atom. The second-order valence-corrected chi connectivity index (χ2v) is 10.3. The van der Waals surface area contributed by atoms with E-state index in [2.05, 4.69) is 28.4 Å². The van der Waals surface area contributed by atoms with Crippen LogP contribution in [0.2, 0.25) is 0 Å². The Morgan fingerprint density at radius 2 is 1.89 bits per heavy atom. The second kappa shape index (κ2) is 11.9. The zero-order valence-corrected chi connectivity index (χ0v) is 20.8. The highest BCUT2D eigenvalue weighted by Gasteiger charge is 2.51. The van der Waals surface area contributed by atoms with Crippen LogP contribution in [0.3, 0.4) is 0 Å². The summed E-state index contributed by atoms with van der Waals surface area (Å²) in [7, 11) is 0. The lowest BCUT2D eigenvalue weighted by Gasteiger charge is -2.36. The molecule has 0 aromatic heterocycles. The quantitative estimate of drug-likeness (QED) is 0.201. The molecule has 1 heterocycles. The zero-order chi connectivity index (χ0) is 26.3. The van der Waals surface area contributed by atoms with Gasteiger partial charge >= 0.3 is 6.03 Å². The van der Waals surface area contributed by atoms with Gasteiger partial charge in [-0.3, -0.25) is 19.2 Å². The Labute approximate surface area is 206 Å². The molecule has 2 aliphatic rings. The van der Waals surface area contributed by atoms with Crippen molar-refractivity contribution in [3.05, 3.63) is 12.7 Å². The number of carbonyl (C=O) groups is 5. The molecule has 192 valence electrons. The number of nitrogens with zero attached hydrogens (tertiary/aromatic N) is 1. The number of hydrogen-bond donors (Lipinski definition) is 4. The van der Waals surface area contributed by atoms with Crippen LogP contribution in [-0.4, -0.2) is 65.7 Å². The van der Waals surface area contributed by atoms with E-state index >= 15 is 0 Å². The van der Waals surface area contributed by atoms with Gasteiger partial charge in [-0.1, -0.05) is 33.3 Å². The first-order valence-corrected chi connectivity index (χ1v) is 11.9. The zero-order valence-electron chi connectivity index (χ0n) is 20.8. The number of ketones is 1. The number of fused-ring (bicyclic) bond motifs is 1. The number of Topliss-reactive ketones (excluding diaryl/α,β-unsaturated/α-hetero) is 1. The molecule has 0 bridgehead atoms. The lowest BCUT2D eigenvalue weighted by atomic mass is 9.85. The maximum Gasteiger partial charge on any atom is 0.312 e. The molecule has 5 amide bonds.